The summed E-state index contributed by atoms with van der Waals surface area (Å²) in [4.78, 5) is 28.3. The maximum absolute atomic E-state index is 12.3. The highest BCUT2D eigenvalue weighted by Crippen LogP contribution is 2.30. The highest BCUT2D eigenvalue weighted by atomic mass is 16.5. The van der Waals surface area contributed by atoms with Crippen LogP contribution in [0.2, 0.25) is 0 Å². The normalized spacial score (nSPS) is 15.4. The summed E-state index contributed by atoms with van der Waals surface area (Å²) in [5.41, 5.74) is 3.78. The lowest BCUT2D eigenvalue weighted by Crippen LogP contribution is -2.29. The van der Waals surface area contributed by atoms with Crippen LogP contribution in [-0.4, -0.2) is 33.2 Å². The summed E-state index contributed by atoms with van der Waals surface area (Å²) in [7, 11) is 0. The van der Waals surface area contributed by atoms with Gasteiger partial charge >= 0.3 is 0 Å². The zero-order valence-electron chi connectivity index (χ0n) is 16.2. The van der Waals surface area contributed by atoms with Crippen molar-refractivity contribution in [1.82, 2.24) is 14.8 Å². The Morgan fingerprint density at radius 1 is 1.28 bits per heavy atom. The number of hydrogen-bond donors (Lipinski definition) is 2. The number of aryl methyl sites for hydroxylation is 1. The Balaban J connectivity index is 1.44. The van der Waals surface area contributed by atoms with Crippen molar-refractivity contribution in [2.75, 3.05) is 17.2 Å². The Labute approximate surface area is 167 Å². The summed E-state index contributed by atoms with van der Waals surface area (Å²) >= 11 is 0. The lowest BCUT2D eigenvalue weighted by molar-refractivity contribution is -0.118. The predicted molar refractivity (Wildman–Crippen MR) is 108 cm³/mol. The molecule has 0 radical (unpaired) electrons. The molecule has 0 spiro atoms. The molecule has 0 fully saturated rings. The minimum absolute atomic E-state index is 0.115. The average molecular weight is 391 g/mol. The van der Waals surface area contributed by atoms with Crippen molar-refractivity contribution in [3.63, 3.8) is 0 Å². The summed E-state index contributed by atoms with van der Waals surface area (Å²) in [5.74, 6) is 0.617. The number of amides is 2. The smallest absolute Gasteiger partial charge is 0.262 e. The van der Waals surface area contributed by atoms with Gasteiger partial charge < -0.3 is 10.1 Å². The van der Waals surface area contributed by atoms with Gasteiger partial charge in [-0.15, -0.1) is 0 Å². The number of benzene rings is 2. The third-order valence-corrected chi connectivity index (χ3v) is 4.99. The van der Waals surface area contributed by atoms with E-state index >= 15 is 0 Å². The Bertz CT molecular complexity index is 1080. The SMILES string of the molecule is Cc1cccc(NC(=O)COc2cccc([C@@H]3CC(=O)Nc4ncnn43)c2)c1C. The van der Waals surface area contributed by atoms with Crippen LogP contribution >= 0.6 is 0 Å². The lowest BCUT2D eigenvalue weighted by atomic mass is 10.0. The van der Waals surface area contributed by atoms with E-state index in [2.05, 4.69) is 20.7 Å². The van der Waals surface area contributed by atoms with Crippen LogP contribution in [0.15, 0.2) is 48.8 Å². The van der Waals surface area contributed by atoms with Crippen LogP contribution < -0.4 is 15.4 Å². The van der Waals surface area contributed by atoms with Crippen LogP contribution in [0.4, 0.5) is 11.6 Å². The molecule has 0 saturated heterocycles. The quantitative estimate of drug-likeness (QED) is 0.697. The molecule has 4 rings (SSSR count). The second-order valence-electron chi connectivity index (χ2n) is 6.95. The highest BCUT2D eigenvalue weighted by Gasteiger charge is 2.27. The van der Waals surface area contributed by atoms with Crippen molar-refractivity contribution in [2.24, 2.45) is 0 Å². The second-order valence-corrected chi connectivity index (χ2v) is 6.95. The monoisotopic (exact) mass is 391 g/mol. The first-order valence-corrected chi connectivity index (χ1v) is 9.29. The molecular weight excluding hydrogens is 370 g/mol. The molecule has 2 amide bonds. The highest BCUT2D eigenvalue weighted by molar-refractivity contribution is 5.93. The van der Waals surface area contributed by atoms with Gasteiger partial charge in [0.2, 0.25) is 11.9 Å². The van der Waals surface area contributed by atoms with Crippen molar-refractivity contribution in [2.45, 2.75) is 26.3 Å². The van der Waals surface area contributed by atoms with E-state index in [0.717, 1.165) is 22.4 Å². The van der Waals surface area contributed by atoms with Gasteiger partial charge in [0.05, 0.1) is 12.5 Å². The zero-order chi connectivity index (χ0) is 20.4. The molecule has 1 atom stereocenters. The molecule has 0 saturated carbocycles. The van der Waals surface area contributed by atoms with Crippen molar-refractivity contribution in [3.8, 4) is 5.75 Å². The van der Waals surface area contributed by atoms with E-state index in [4.69, 9.17) is 4.74 Å². The van der Waals surface area contributed by atoms with Crippen molar-refractivity contribution in [1.29, 1.82) is 0 Å². The molecule has 29 heavy (non-hydrogen) atoms. The van der Waals surface area contributed by atoms with Gasteiger partial charge in [0.1, 0.15) is 12.1 Å². The summed E-state index contributed by atoms with van der Waals surface area (Å²) in [6.45, 7) is 3.85. The third kappa shape index (κ3) is 3.96. The van der Waals surface area contributed by atoms with Gasteiger partial charge in [-0.1, -0.05) is 24.3 Å². The van der Waals surface area contributed by atoms with Gasteiger partial charge in [-0.05, 0) is 48.7 Å². The number of carbonyl (C=O) groups is 2. The molecule has 8 heteroatoms. The number of rotatable bonds is 5. The molecule has 148 valence electrons. The number of fused-ring (bicyclic) bond motifs is 1. The minimum atomic E-state index is -0.270. The molecule has 8 nitrogen and oxygen atoms in total. The van der Waals surface area contributed by atoms with E-state index in [1.165, 1.54) is 6.33 Å². The van der Waals surface area contributed by atoms with E-state index < -0.39 is 0 Å². The van der Waals surface area contributed by atoms with E-state index in [0.29, 0.717) is 11.7 Å². The number of anilines is 2. The van der Waals surface area contributed by atoms with Gasteiger partial charge in [0.15, 0.2) is 6.61 Å². The van der Waals surface area contributed by atoms with Crippen molar-refractivity contribution >= 4 is 23.5 Å². The van der Waals surface area contributed by atoms with Crippen molar-refractivity contribution in [3.05, 3.63) is 65.5 Å². The Morgan fingerprint density at radius 3 is 2.97 bits per heavy atom. The third-order valence-electron chi connectivity index (χ3n) is 4.99. The number of nitrogens with one attached hydrogen (secondary N) is 2. The number of ether oxygens (including phenoxy) is 1. The minimum Gasteiger partial charge on any atom is -0.484 e. The average Bonchev–Trinajstić information content (AvgIpc) is 3.18. The molecule has 1 aromatic heterocycles. The van der Waals surface area contributed by atoms with E-state index in [1.54, 1.807) is 10.7 Å². The molecule has 3 aromatic rings. The lowest BCUT2D eigenvalue weighted by Gasteiger charge is -2.24. The first kappa shape index (κ1) is 18.7. The molecule has 0 aliphatic carbocycles. The van der Waals surface area contributed by atoms with Gasteiger partial charge in [0, 0.05) is 5.69 Å². The van der Waals surface area contributed by atoms with Gasteiger partial charge in [0.25, 0.3) is 5.91 Å². The predicted octanol–water partition coefficient (Wildman–Crippen LogP) is 2.84. The van der Waals surface area contributed by atoms with Gasteiger partial charge in [-0.3, -0.25) is 14.9 Å². The first-order chi connectivity index (χ1) is 14.0. The zero-order valence-corrected chi connectivity index (χ0v) is 16.2. The first-order valence-electron chi connectivity index (χ1n) is 9.29. The van der Waals surface area contributed by atoms with Crippen LogP contribution in [0.1, 0.15) is 29.2 Å². The fourth-order valence-electron chi connectivity index (χ4n) is 3.30. The molecular formula is C21H21N5O3. The summed E-state index contributed by atoms with van der Waals surface area (Å²) in [5, 5.41) is 9.77. The van der Waals surface area contributed by atoms with E-state index in [9.17, 15) is 9.59 Å². The van der Waals surface area contributed by atoms with Crippen LogP contribution in [0.5, 0.6) is 5.75 Å². The molecule has 0 bridgehead atoms. The van der Waals surface area contributed by atoms with Crippen LogP contribution in [0, 0.1) is 13.8 Å². The number of aromatic nitrogens is 3. The maximum atomic E-state index is 12.3. The standard InChI is InChI=1S/C21H21N5O3/c1-13-5-3-8-17(14(13)2)24-20(28)11-29-16-7-4-6-15(9-16)18-10-19(27)25-21-22-12-23-26(18)21/h3-9,12,18H,10-11H2,1-2H3,(H,24,28)(H,22,23,25,27)/t18-/m0/s1. The summed E-state index contributed by atoms with van der Waals surface area (Å²) in [6, 6.07) is 12.8. The Kier molecular flexibility index (Phi) is 4.99. The van der Waals surface area contributed by atoms with Crippen LogP contribution in [0.3, 0.4) is 0 Å². The maximum Gasteiger partial charge on any atom is 0.262 e. The number of hydrogen-bond acceptors (Lipinski definition) is 5. The number of carbonyl (C=O) groups excluding carboxylic acids is 2. The van der Waals surface area contributed by atoms with Gasteiger partial charge in [-0.2, -0.15) is 10.1 Å². The van der Waals surface area contributed by atoms with Gasteiger partial charge in [-0.25, -0.2) is 4.68 Å². The molecule has 2 N–H and O–H groups in total. The van der Waals surface area contributed by atoms with E-state index in [1.807, 2.05) is 50.2 Å². The fraction of sp³-hybridized carbons (Fsp3) is 0.238. The molecule has 0 unspecified atom stereocenters. The molecule has 1 aliphatic heterocycles. The Hall–Kier alpha value is -3.68. The second kappa shape index (κ2) is 7.75. The Morgan fingerprint density at radius 2 is 2.10 bits per heavy atom. The fourth-order valence-corrected chi connectivity index (χ4v) is 3.30. The van der Waals surface area contributed by atoms with E-state index in [-0.39, 0.29) is 30.9 Å². The molecule has 1 aliphatic rings. The molecule has 2 heterocycles. The summed E-state index contributed by atoms with van der Waals surface area (Å²) < 4.78 is 7.35. The topological polar surface area (TPSA) is 98.1 Å². The number of nitrogens with zero attached hydrogens (tertiary/aromatic N) is 3. The van der Waals surface area contributed by atoms with Crippen LogP contribution in [-0.2, 0) is 9.59 Å². The van der Waals surface area contributed by atoms with Crippen LogP contribution in [0.25, 0.3) is 0 Å². The van der Waals surface area contributed by atoms with Crippen molar-refractivity contribution < 1.29 is 14.3 Å². The largest absolute Gasteiger partial charge is 0.484 e. The molecule has 2 aromatic carbocycles. The summed E-state index contributed by atoms with van der Waals surface area (Å²) in [6.07, 6.45) is 1.67.